The SMILES string of the molecule is CC(C(=O)NCc1ccccc1)N1CCC2(CCC(=O)N(CCO)C2)CC1. The van der Waals surface area contributed by atoms with E-state index < -0.39 is 0 Å². The minimum absolute atomic E-state index is 0.0204. The van der Waals surface area contributed by atoms with E-state index in [0.29, 0.717) is 19.5 Å². The Morgan fingerprint density at radius 2 is 1.93 bits per heavy atom. The van der Waals surface area contributed by atoms with Crippen LogP contribution in [0.3, 0.4) is 0 Å². The maximum absolute atomic E-state index is 12.5. The van der Waals surface area contributed by atoms with Crippen LogP contribution in [0.15, 0.2) is 30.3 Å². The van der Waals surface area contributed by atoms with Crippen molar-refractivity contribution in [3.63, 3.8) is 0 Å². The van der Waals surface area contributed by atoms with Gasteiger partial charge >= 0.3 is 0 Å². The van der Waals surface area contributed by atoms with E-state index in [1.54, 1.807) is 0 Å². The molecule has 0 radical (unpaired) electrons. The summed E-state index contributed by atoms with van der Waals surface area (Å²) in [5, 5.41) is 12.2. The summed E-state index contributed by atoms with van der Waals surface area (Å²) in [5.74, 6) is 0.223. The quantitative estimate of drug-likeness (QED) is 0.790. The molecule has 2 aliphatic rings. The Morgan fingerprint density at radius 3 is 2.59 bits per heavy atom. The van der Waals surface area contributed by atoms with Crippen LogP contribution >= 0.6 is 0 Å². The molecule has 0 aromatic heterocycles. The largest absolute Gasteiger partial charge is 0.395 e. The molecule has 1 spiro atoms. The first kappa shape index (κ1) is 19.8. The third-order valence-corrected chi connectivity index (χ3v) is 6.21. The van der Waals surface area contributed by atoms with Crippen LogP contribution in [-0.4, -0.2) is 65.5 Å². The average Bonchev–Trinajstić information content (AvgIpc) is 2.70. The maximum Gasteiger partial charge on any atom is 0.237 e. The average molecular weight is 373 g/mol. The van der Waals surface area contributed by atoms with Gasteiger partial charge in [0.05, 0.1) is 12.6 Å². The molecule has 1 aromatic carbocycles. The van der Waals surface area contributed by atoms with Crippen LogP contribution < -0.4 is 5.32 Å². The van der Waals surface area contributed by atoms with Gasteiger partial charge in [-0.3, -0.25) is 14.5 Å². The van der Waals surface area contributed by atoms with Crippen molar-refractivity contribution in [1.29, 1.82) is 0 Å². The molecular formula is C21H31N3O3. The number of piperidine rings is 2. The van der Waals surface area contributed by atoms with Crippen LogP contribution in [0.2, 0.25) is 0 Å². The van der Waals surface area contributed by atoms with Gasteiger partial charge in [-0.1, -0.05) is 30.3 Å². The zero-order valence-electron chi connectivity index (χ0n) is 16.2. The molecule has 0 bridgehead atoms. The molecule has 2 N–H and O–H groups in total. The van der Waals surface area contributed by atoms with Gasteiger partial charge < -0.3 is 15.3 Å². The zero-order chi connectivity index (χ0) is 19.3. The second-order valence-corrected chi connectivity index (χ2v) is 7.95. The lowest BCUT2D eigenvalue weighted by Crippen LogP contribution is -2.55. The molecule has 0 saturated carbocycles. The van der Waals surface area contributed by atoms with Gasteiger partial charge in [-0.25, -0.2) is 0 Å². The summed E-state index contributed by atoms with van der Waals surface area (Å²) in [7, 11) is 0. The summed E-state index contributed by atoms with van der Waals surface area (Å²) in [5.41, 5.74) is 1.26. The molecule has 3 rings (SSSR count). The lowest BCUT2D eigenvalue weighted by molar-refractivity contribution is -0.140. The standard InChI is InChI=1S/C21H31N3O3/c1-17(20(27)22-15-18-5-3-2-4-6-18)23-11-9-21(10-12-23)8-7-19(26)24(16-21)13-14-25/h2-6,17,25H,7-16H2,1H3,(H,22,27). The van der Waals surface area contributed by atoms with E-state index in [4.69, 9.17) is 0 Å². The third kappa shape index (κ3) is 4.87. The van der Waals surface area contributed by atoms with Crippen molar-refractivity contribution in [3.8, 4) is 0 Å². The minimum atomic E-state index is -0.148. The maximum atomic E-state index is 12.5. The number of carbonyl (C=O) groups is 2. The van der Waals surface area contributed by atoms with E-state index in [1.807, 2.05) is 42.2 Å². The normalized spacial score (nSPS) is 21.3. The molecule has 1 atom stereocenters. The number of aliphatic hydroxyl groups excluding tert-OH is 1. The number of benzene rings is 1. The Bertz CT molecular complexity index is 641. The molecule has 148 valence electrons. The van der Waals surface area contributed by atoms with Gasteiger partial charge in [0.1, 0.15) is 0 Å². The Balaban J connectivity index is 1.49. The number of aliphatic hydroxyl groups is 1. The van der Waals surface area contributed by atoms with Crippen molar-refractivity contribution >= 4 is 11.8 Å². The predicted octanol–water partition coefficient (Wildman–Crippen LogP) is 1.39. The van der Waals surface area contributed by atoms with E-state index in [0.717, 1.165) is 44.5 Å². The Labute approximate surface area is 161 Å². The van der Waals surface area contributed by atoms with Crippen molar-refractivity contribution < 1.29 is 14.7 Å². The Hall–Kier alpha value is -1.92. The molecule has 1 unspecified atom stereocenters. The highest BCUT2D eigenvalue weighted by Gasteiger charge is 2.41. The number of nitrogens with one attached hydrogen (secondary N) is 1. The number of carbonyl (C=O) groups excluding carboxylic acids is 2. The number of β-amino-alcohol motifs (C(OH)–C–C–N with tert-alkyl or cyclic N) is 1. The first-order valence-corrected chi connectivity index (χ1v) is 9.97. The lowest BCUT2D eigenvalue weighted by Gasteiger charge is -2.48. The topological polar surface area (TPSA) is 72.9 Å². The van der Waals surface area contributed by atoms with Gasteiger partial charge in [0.15, 0.2) is 0 Å². The van der Waals surface area contributed by atoms with Gasteiger partial charge in [0, 0.05) is 26.1 Å². The summed E-state index contributed by atoms with van der Waals surface area (Å²) in [6, 6.07) is 9.80. The fraction of sp³-hybridized carbons (Fsp3) is 0.619. The van der Waals surface area contributed by atoms with Crippen LogP contribution in [0.25, 0.3) is 0 Å². The summed E-state index contributed by atoms with van der Waals surface area (Å²) in [6.07, 6.45) is 3.50. The predicted molar refractivity (Wildman–Crippen MR) is 104 cm³/mol. The molecule has 0 aliphatic carbocycles. The van der Waals surface area contributed by atoms with E-state index in [-0.39, 0.29) is 29.9 Å². The molecule has 27 heavy (non-hydrogen) atoms. The smallest absolute Gasteiger partial charge is 0.237 e. The summed E-state index contributed by atoms with van der Waals surface area (Å²) >= 11 is 0. The monoisotopic (exact) mass is 373 g/mol. The van der Waals surface area contributed by atoms with Gasteiger partial charge in [-0.15, -0.1) is 0 Å². The molecule has 2 amide bonds. The first-order valence-electron chi connectivity index (χ1n) is 9.97. The first-order chi connectivity index (χ1) is 13.0. The number of hydrogen-bond donors (Lipinski definition) is 2. The molecule has 2 aliphatic heterocycles. The van der Waals surface area contributed by atoms with Crippen LogP contribution in [0, 0.1) is 5.41 Å². The van der Waals surface area contributed by atoms with Crippen molar-refractivity contribution in [2.45, 2.75) is 45.2 Å². The Morgan fingerprint density at radius 1 is 1.22 bits per heavy atom. The highest BCUT2D eigenvalue weighted by molar-refractivity contribution is 5.81. The molecule has 6 nitrogen and oxygen atoms in total. The van der Waals surface area contributed by atoms with E-state index >= 15 is 0 Å². The van der Waals surface area contributed by atoms with Gasteiger partial charge in [0.25, 0.3) is 0 Å². The second-order valence-electron chi connectivity index (χ2n) is 7.95. The van der Waals surface area contributed by atoms with E-state index in [2.05, 4.69) is 10.2 Å². The number of rotatable bonds is 6. The summed E-state index contributed by atoms with van der Waals surface area (Å²) in [4.78, 5) is 28.6. The van der Waals surface area contributed by atoms with E-state index in [1.165, 1.54) is 0 Å². The number of nitrogens with zero attached hydrogens (tertiary/aromatic N) is 2. The minimum Gasteiger partial charge on any atom is -0.395 e. The van der Waals surface area contributed by atoms with Gasteiger partial charge in [-0.05, 0) is 50.3 Å². The lowest BCUT2D eigenvalue weighted by atomic mass is 9.72. The highest BCUT2D eigenvalue weighted by atomic mass is 16.3. The van der Waals surface area contributed by atoms with E-state index in [9.17, 15) is 14.7 Å². The number of amides is 2. The van der Waals surface area contributed by atoms with Crippen LogP contribution in [0.5, 0.6) is 0 Å². The van der Waals surface area contributed by atoms with Crippen molar-refractivity contribution in [3.05, 3.63) is 35.9 Å². The van der Waals surface area contributed by atoms with Gasteiger partial charge in [0.2, 0.25) is 11.8 Å². The molecule has 2 heterocycles. The fourth-order valence-corrected chi connectivity index (χ4v) is 4.32. The third-order valence-electron chi connectivity index (χ3n) is 6.21. The molecule has 2 saturated heterocycles. The van der Waals surface area contributed by atoms with Crippen molar-refractivity contribution in [2.75, 3.05) is 32.8 Å². The number of hydrogen-bond acceptors (Lipinski definition) is 4. The number of likely N-dealkylation sites (tertiary alicyclic amines) is 2. The zero-order valence-corrected chi connectivity index (χ0v) is 16.2. The summed E-state index contributed by atoms with van der Waals surface area (Å²) < 4.78 is 0. The Kier molecular flexibility index (Phi) is 6.50. The van der Waals surface area contributed by atoms with Crippen LogP contribution in [-0.2, 0) is 16.1 Å². The molecule has 6 heteroatoms. The summed E-state index contributed by atoms with van der Waals surface area (Å²) in [6.45, 7) is 5.48. The van der Waals surface area contributed by atoms with Gasteiger partial charge in [-0.2, -0.15) is 0 Å². The highest BCUT2D eigenvalue weighted by Crippen LogP contribution is 2.40. The van der Waals surface area contributed by atoms with Crippen LogP contribution in [0.1, 0.15) is 38.2 Å². The molecule has 1 aromatic rings. The van der Waals surface area contributed by atoms with Crippen molar-refractivity contribution in [2.24, 2.45) is 5.41 Å². The van der Waals surface area contributed by atoms with Crippen molar-refractivity contribution in [1.82, 2.24) is 15.1 Å². The molecular weight excluding hydrogens is 342 g/mol. The fourth-order valence-electron chi connectivity index (χ4n) is 4.32. The molecule has 2 fully saturated rings. The second kappa shape index (κ2) is 8.85. The van der Waals surface area contributed by atoms with Crippen LogP contribution in [0.4, 0.5) is 0 Å².